The summed E-state index contributed by atoms with van der Waals surface area (Å²) in [7, 11) is 1.61. The van der Waals surface area contributed by atoms with E-state index in [4.69, 9.17) is 25.8 Å². The van der Waals surface area contributed by atoms with Crippen molar-refractivity contribution in [2.24, 2.45) is 0 Å². The SMILES string of the molecule is COc1ccc(OCC(C)NC(=O)COc2ccc(Cl)c(C)c2)cc1. The van der Waals surface area contributed by atoms with E-state index in [2.05, 4.69) is 5.32 Å². The maximum atomic E-state index is 11.9. The molecule has 0 fully saturated rings. The molecule has 1 atom stereocenters. The smallest absolute Gasteiger partial charge is 0.258 e. The van der Waals surface area contributed by atoms with E-state index in [1.807, 2.05) is 38.1 Å². The number of benzene rings is 2. The van der Waals surface area contributed by atoms with Gasteiger partial charge in [0.2, 0.25) is 0 Å². The first-order valence-corrected chi connectivity index (χ1v) is 8.31. The molecule has 0 aromatic heterocycles. The molecule has 2 aromatic carbocycles. The summed E-state index contributed by atoms with van der Waals surface area (Å²) in [6, 6.07) is 12.4. The minimum absolute atomic E-state index is 0.0616. The van der Waals surface area contributed by atoms with E-state index in [9.17, 15) is 4.79 Å². The predicted molar refractivity (Wildman–Crippen MR) is 97.8 cm³/mol. The molecule has 2 rings (SSSR count). The lowest BCUT2D eigenvalue weighted by Gasteiger charge is -2.15. The van der Waals surface area contributed by atoms with Crippen molar-refractivity contribution < 1.29 is 19.0 Å². The number of nitrogens with one attached hydrogen (secondary N) is 1. The fourth-order valence-electron chi connectivity index (χ4n) is 2.11. The Bertz CT molecular complexity index is 703. The van der Waals surface area contributed by atoms with E-state index in [0.29, 0.717) is 17.4 Å². The Morgan fingerprint density at radius 3 is 2.36 bits per heavy atom. The van der Waals surface area contributed by atoms with Gasteiger partial charge in [0.25, 0.3) is 5.91 Å². The lowest BCUT2D eigenvalue weighted by Crippen LogP contribution is -2.39. The van der Waals surface area contributed by atoms with Gasteiger partial charge in [0.05, 0.1) is 13.2 Å². The van der Waals surface area contributed by atoms with Crippen molar-refractivity contribution in [3.63, 3.8) is 0 Å². The molecule has 1 N–H and O–H groups in total. The number of carbonyl (C=O) groups is 1. The van der Waals surface area contributed by atoms with Crippen LogP contribution in [0.15, 0.2) is 42.5 Å². The minimum atomic E-state index is -0.210. The van der Waals surface area contributed by atoms with Crippen LogP contribution in [0.25, 0.3) is 0 Å². The first-order chi connectivity index (χ1) is 12.0. The highest BCUT2D eigenvalue weighted by Gasteiger charge is 2.09. The summed E-state index contributed by atoms with van der Waals surface area (Å²) in [5, 5.41) is 3.50. The number of aryl methyl sites for hydroxylation is 1. The topological polar surface area (TPSA) is 56.8 Å². The van der Waals surface area contributed by atoms with Gasteiger partial charge in [0.15, 0.2) is 6.61 Å². The van der Waals surface area contributed by atoms with Crippen LogP contribution in [0.3, 0.4) is 0 Å². The molecule has 1 amide bonds. The van der Waals surface area contributed by atoms with E-state index in [1.165, 1.54) is 0 Å². The summed E-state index contributed by atoms with van der Waals surface area (Å²) in [4.78, 5) is 11.9. The van der Waals surface area contributed by atoms with Gasteiger partial charge in [0, 0.05) is 5.02 Å². The van der Waals surface area contributed by atoms with E-state index in [1.54, 1.807) is 25.3 Å². The highest BCUT2D eigenvalue weighted by molar-refractivity contribution is 6.31. The number of hydrogen-bond acceptors (Lipinski definition) is 4. The monoisotopic (exact) mass is 363 g/mol. The third kappa shape index (κ3) is 6.19. The second-order valence-corrected chi connectivity index (χ2v) is 6.06. The molecule has 25 heavy (non-hydrogen) atoms. The molecular weight excluding hydrogens is 342 g/mol. The summed E-state index contributed by atoms with van der Waals surface area (Å²) < 4.78 is 16.2. The van der Waals surface area contributed by atoms with E-state index in [-0.39, 0.29) is 18.6 Å². The van der Waals surface area contributed by atoms with E-state index >= 15 is 0 Å². The molecule has 0 aliphatic carbocycles. The standard InChI is InChI=1S/C19H22ClNO4/c1-13-10-17(8-9-18(13)20)25-12-19(22)21-14(2)11-24-16-6-4-15(23-3)5-7-16/h4-10,14H,11-12H2,1-3H3,(H,21,22). The Morgan fingerprint density at radius 2 is 1.72 bits per heavy atom. The zero-order valence-corrected chi connectivity index (χ0v) is 15.3. The maximum Gasteiger partial charge on any atom is 0.258 e. The summed E-state index contributed by atoms with van der Waals surface area (Å²) >= 11 is 5.96. The second-order valence-electron chi connectivity index (χ2n) is 5.65. The Hall–Kier alpha value is -2.40. The van der Waals surface area contributed by atoms with Crippen molar-refractivity contribution in [2.45, 2.75) is 19.9 Å². The van der Waals surface area contributed by atoms with Gasteiger partial charge in [-0.05, 0) is 61.9 Å². The van der Waals surface area contributed by atoms with Crippen molar-refractivity contribution in [1.82, 2.24) is 5.32 Å². The zero-order valence-electron chi connectivity index (χ0n) is 14.5. The Kier molecular flexibility index (Phi) is 6.95. The second kappa shape index (κ2) is 9.18. The molecule has 0 heterocycles. The molecule has 1 unspecified atom stereocenters. The summed E-state index contributed by atoms with van der Waals surface area (Å²) in [6.07, 6.45) is 0. The van der Waals surface area contributed by atoms with Gasteiger partial charge in [-0.1, -0.05) is 11.6 Å². The molecule has 0 aliphatic rings. The number of amides is 1. The van der Waals surface area contributed by atoms with Gasteiger partial charge < -0.3 is 19.5 Å². The van der Waals surface area contributed by atoms with Crippen LogP contribution >= 0.6 is 11.6 Å². The van der Waals surface area contributed by atoms with Crippen molar-refractivity contribution in [2.75, 3.05) is 20.3 Å². The Labute approximate surface area is 152 Å². The zero-order chi connectivity index (χ0) is 18.2. The Morgan fingerprint density at radius 1 is 1.08 bits per heavy atom. The lowest BCUT2D eigenvalue weighted by atomic mass is 10.2. The van der Waals surface area contributed by atoms with Crippen LogP contribution in [0.4, 0.5) is 0 Å². The molecule has 5 nitrogen and oxygen atoms in total. The first-order valence-electron chi connectivity index (χ1n) is 7.93. The van der Waals surface area contributed by atoms with Crippen LogP contribution in [-0.4, -0.2) is 32.3 Å². The largest absolute Gasteiger partial charge is 0.497 e. The third-order valence-electron chi connectivity index (χ3n) is 3.47. The lowest BCUT2D eigenvalue weighted by molar-refractivity contribution is -0.123. The third-order valence-corrected chi connectivity index (χ3v) is 3.89. The van der Waals surface area contributed by atoms with Gasteiger partial charge >= 0.3 is 0 Å². The van der Waals surface area contributed by atoms with Crippen molar-refractivity contribution in [1.29, 1.82) is 0 Å². The van der Waals surface area contributed by atoms with Crippen LogP contribution in [0.5, 0.6) is 17.2 Å². The van der Waals surface area contributed by atoms with Crippen LogP contribution < -0.4 is 19.5 Å². The first kappa shape index (κ1) is 18.9. The molecule has 0 saturated carbocycles. The van der Waals surface area contributed by atoms with Crippen LogP contribution in [-0.2, 0) is 4.79 Å². The summed E-state index contributed by atoms with van der Waals surface area (Å²) in [5.74, 6) is 1.88. The molecule has 6 heteroatoms. The van der Waals surface area contributed by atoms with Crippen LogP contribution in [0.2, 0.25) is 5.02 Å². The normalized spacial score (nSPS) is 11.5. The summed E-state index contributed by atoms with van der Waals surface area (Å²) in [5.41, 5.74) is 0.904. The Balaban J connectivity index is 1.72. The fourth-order valence-corrected chi connectivity index (χ4v) is 2.22. The number of ether oxygens (including phenoxy) is 3. The van der Waals surface area contributed by atoms with Gasteiger partial charge in [-0.3, -0.25) is 4.79 Å². The van der Waals surface area contributed by atoms with E-state index < -0.39 is 0 Å². The molecule has 2 aromatic rings. The highest BCUT2D eigenvalue weighted by Crippen LogP contribution is 2.21. The molecule has 0 radical (unpaired) electrons. The molecule has 0 spiro atoms. The molecule has 0 bridgehead atoms. The predicted octanol–water partition coefficient (Wildman–Crippen LogP) is 3.62. The molecule has 134 valence electrons. The van der Waals surface area contributed by atoms with Gasteiger partial charge in [-0.25, -0.2) is 0 Å². The molecular formula is C19H22ClNO4. The maximum absolute atomic E-state index is 11.9. The van der Waals surface area contributed by atoms with Crippen molar-refractivity contribution >= 4 is 17.5 Å². The number of hydrogen-bond donors (Lipinski definition) is 1. The molecule has 0 saturated heterocycles. The van der Waals surface area contributed by atoms with Crippen LogP contribution in [0, 0.1) is 6.92 Å². The highest BCUT2D eigenvalue weighted by atomic mass is 35.5. The van der Waals surface area contributed by atoms with Crippen molar-refractivity contribution in [3.05, 3.63) is 53.1 Å². The van der Waals surface area contributed by atoms with E-state index in [0.717, 1.165) is 17.1 Å². The van der Waals surface area contributed by atoms with Crippen LogP contribution in [0.1, 0.15) is 12.5 Å². The van der Waals surface area contributed by atoms with Gasteiger partial charge in [0.1, 0.15) is 23.9 Å². The van der Waals surface area contributed by atoms with Crippen molar-refractivity contribution in [3.8, 4) is 17.2 Å². The minimum Gasteiger partial charge on any atom is -0.497 e. The summed E-state index contributed by atoms with van der Waals surface area (Å²) in [6.45, 7) is 4.05. The quantitative estimate of drug-likeness (QED) is 0.778. The fraction of sp³-hybridized carbons (Fsp3) is 0.316. The molecule has 0 aliphatic heterocycles. The number of halogens is 1. The number of methoxy groups -OCH3 is 1. The average Bonchev–Trinajstić information content (AvgIpc) is 2.61. The van der Waals surface area contributed by atoms with Gasteiger partial charge in [-0.2, -0.15) is 0 Å². The number of rotatable bonds is 8. The average molecular weight is 364 g/mol. The number of carbonyl (C=O) groups excluding carboxylic acids is 1. The van der Waals surface area contributed by atoms with Gasteiger partial charge in [-0.15, -0.1) is 0 Å².